The van der Waals surface area contributed by atoms with E-state index in [1.807, 2.05) is 43.4 Å². The van der Waals surface area contributed by atoms with Crippen molar-refractivity contribution in [2.45, 2.75) is 12.6 Å². The zero-order valence-corrected chi connectivity index (χ0v) is 19.2. The molecule has 3 N–H and O–H groups in total. The Morgan fingerprint density at radius 2 is 1.83 bits per heavy atom. The van der Waals surface area contributed by atoms with Gasteiger partial charge in [0, 0.05) is 57.0 Å². The summed E-state index contributed by atoms with van der Waals surface area (Å²) >= 11 is 3.63. The lowest BCUT2D eigenvalue weighted by Crippen LogP contribution is -2.56. The number of piperazine rings is 1. The molecule has 3 heterocycles. The Morgan fingerprint density at radius 1 is 1.10 bits per heavy atom. The Hall–Kier alpha value is -2.58. The summed E-state index contributed by atoms with van der Waals surface area (Å²) in [7, 11) is 4.01. The number of nitrogens with two attached hydrogens (primary N) is 1. The fourth-order valence-electron chi connectivity index (χ4n) is 3.66. The van der Waals surface area contributed by atoms with Crippen molar-refractivity contribution < 1.29 is 0 Å². The summed E-state index contributed by atoms with van der Waals surface area (Å²) in [6.45, 7) is 5.52. The number of pyridine rings is 1. The average molecular weight is 470 g/mol. The van der Waals surface area contributed by atoms with Crippen LogP contribution in [0.1, 0.15) is 11.1 Å². The lowest BCUT2D eigenvalue weighted by Gasteiger charge is -2.41. The average Bonchev–Trinajstić information content (AvgIpc) is 2.76. The number of nitrogens with zero attached hydrogens (tertiary/aromatic N) is 5. The zero-order valence-electron chi connectivity index (χ0n) is 17.6. The number of rotatable bonds is 3. The predicted octanol–water partition coefficient (Wildman–Crippen LogP) is 2.45. The fraction of sp³-hybridized carbons (Fsp3) is 0.364. The minimum Gasteiger partial charge on any atom is -0.364 e. The second-order valence-electron chi connectivity index (χ2n) is 7.94. The van der Waals surface area contributed by atoms with Crippen LogP contribution in [0.2, 0.25) is 0 Å². The zero-order chi connectivity index (χ0) is 21.3. The molecular weight excluding hydrogens is 442 g/mol. The lowest BCUT2D eigenvalue weighted by molar-refractivity contribution is 0.352. The molecular formula is C22H28BrN7. The quantitative estimate of drug-likeness (QED) is 0.718. The SMILES string of the molecule is Cc1ccc(C2(N)C=C(N(C)C)NC(N3CCN(c4ccccn4)CC3)=N2)cc1Br. The molecule has 0 radical (unpaired) electrons. The standard InChI is InChI=1S/C22H28BrN7/c1-16-7-8-17(14-18(16)23)22(24)15-20(28(2)3)26-21(27-22)30-12-10-29(11-13-30)19-6-4-5-9-25-19/h4-9,14-15H,10-13,24H2,1-3H3,(H,26,27). The minimum absolute atomic E-state index is 0.807. The molecule has 2 aliphatic heterocycles. The summed E-state index contributed by atoms with van der Waals surface area (Å²) in [5.74, 6) is 2.76. The third-order valence-corrected chi connectivity index (χ3v) is 6.41. The van der Waals surface area contributed by atoms with Crippen molar-refractivity contribution >= 4 is 27.7 Å². The number of nitrogens with one attached hydrogen (secondary N) is 1. The molecule has 1 aromatic heterocycles. The summed E-state index contributed by atoms with van der Waals surface area (Å²) in [5, 5.41) is 3.47. The molecule has 0 bridgehead atoms. The summed E-state index contributed by atoms with van der Waals surface area (Å²) in [6, 6.07) is 12.2. The van der Waals surface area contributed by atoms with Gasteiger partial charge in [0.25, 0.3) is 0 Å². The predicted molar refractivity (Wildman–Crippen MR) is 125 cm³/mol. The molecule has 1 atom stereocenters. The van der Waals surface area contributed by atoms with E-state index >= 15 is 0 Å². The number of hydrogen-bond acceptors (Lipinski definition) is 7. The maximum atomic E-state index is 6.84. The fourth-order valence-corrected chi connectivity index (χ4v) is 4.04. The van der Waals surface area contributed by atoms with Gasteiger partial charge in [-0.3, -0.25) is 5.73 Å². The van der Waals surface area contributed by atoms with E-state index < -0.39 is 5.66 Å². The first kappa shape index (κ1) is 20.7. The first-order chi connectivity index (χ1) is 14.4. The van der Waals surface area contributed by atoms with Gasteiger partial charge in [-0.25, -0.2) is 9.98 Å². The Bertz CT molecular complexity index is 965. The Morgan fingerprint density at radius 3 is 2.47 bits per heavy atom. The number of halogens is 1. The van der Waals surface area contributed by atoms with E-state index in [1.54, 1.807) is 0 Å². The largest absolute Gasteiger partial charge is 0.364 e. The van der Waals surface area contributed by atoms with Gasteiger partial charge in [0.1, 0.15) is 11.6 Å². The van der Waals surface area contributed by atoms with Gasteiger partial charge in [0.15, 0.2) is 5.66 Å². The molecule has 4 rings (SSSR count). The smallest absolute Gasteiger partial charge is 0.202 e. The Kier molecular flexibility index (Phi) is 5.71. The monoisotopic (exact) mass is 469 g/mol. The molecule has 1 aromatic carbocycles. The van der Waals surface area contributed by atoms with E-state index in [0.717, 1.165) is 53.8 Å². The summed E-state index contributed by atoms with van der Waals surface area (Å²) in [6.07, 6.45) is 3.82. The molecule has 2 aliphatic rings. The van der Waals surface area contributed by atoms with Crippen molar-refractivity contribution in [2.75, 3.05) is 45.2 Å². The molecule has 2 aromatic rings. The van der Waals surface area contributed by atoms with Crippen LogP contribution in [0.3, 0.4) is 0 Å². The highest BCUT2D eigenvalue weighted by Crippen LogP contribution is 2.30. The second-order valence-corrected chi connectivity index (χ2v) is 8.79. The van der Waals surface area contributed by atoms with Gasteiger partial charge >= 0.3 is 0 Å². The molecule has 1 saturated heterocycles. The van der Waals surface area contributed by atoms with Gasteiger partial charge in [-0.15, -0.1) is 0 Å². The number of aliphatic imine (C=N–C) groups is 1. The maximum Gasteiger partial charge on any atom is 0.202 e. The second kappa shape index (κ2) is 8.28. The molecule has 0 spiro atoms. The molecule has 7 nitrogen and oxygen atoms in total. The van der Waals surface area contributed by atoms with Crippen LogP contribution < -0.4 is 16.0 Å². The molecule has 8 heteroatoms. The number of aromatic nitrogens is 1. The summed E-state index contributed by atoms with van der Waals surface area (Å²) < 4.78 is 1.03. The van der Waals surface area contributed by atoms with Crippen molar-refractivity contribution in [3.05, 3.63) is 70.1 Å². The van der Waals surface area contributed by atoms with Crippen molar-refractivity contribution in [1.82, 2.24) is 20.1 Å². The van der Waals surface area contributed by atoms with Crippen LogP contribution in [-0.2, 0) is 5.66 Å². The van der Waals surface area contributed by atoms with Crippen LogP contribution in [0.4, 0.5) is 5.82 Å². The Labute approximate surface area is 186 Å². The normalized spacial score (nSPS) is 21.6. The van der Waals surface area contributed by atoms with E-state index in [1.165, 1.54) is 5.56 Å². The van der Waals surface area contributed by atoms with Crippen LogP contribution in [0.25, 0.3) is 0 Å². The van der Waals surface area contributed by atoms with Crippen LogP contribution in [0, 0.1) is 6.92 Å². The topological polar surface area (TPSA) is 73.0 Å². The molecule has 0 amide bonds. The molecule has 1 unspecified atom stereocenters. The van der Waals surface area contributed by atoms with E-state index in [4.69, 9.17) is 10.7 Å². The van der Waals surface area contributed by atoms with E-state index in [9.17, 15) is 0 Å². The van der Waals surface area contributed by atoms with Crippen molar-refractivity contribution in [2.24, 2.45) is 10.7 Å². The maximum absolute atomic E-state index is 6.84. The number of anilines is 1. The third kappa shape index (κ3) is 4.15. The van der Waals surface area contributed by atoms with Gasteiger partial charge in [-0.2, -0.15) is 0 Å². The van der Waals surface area contributed by atoms with Crippen LogP contribution in [-0.4, -0.2) is 61.0 Å². The highest BCUT2D eigenvalue weighted by Gasteiger charge is 2.33. The Balaban J connectivity index is 1.59. The van der Waals surface area contributed by atoms with Crippen molar-refractivity contribution in [3.8, 4) is 0 Å². The number of hydrogen-bond donors (Lipinski definition) is 2. The lowest BCUT2D eigenvalue weighted by atomic mass is 9.98. The minimum atomic E-state index is -0.936. The number of benzene rings is 1. The summed E-state index contributed by atoms with van der Waals surface area (Å²) in [4.78, 5) is 16.0. The van der Waals surface area contributed by atoms with Gasteiger partial charge in [0.2, 0.25) is 5.96 Å². The molecule has 1 fully saturated rings. The van der Waals surface area contributed by atoms with Crippen molar-refractivity contribution in [3.63, 3.8) is 0 Å². The van der Waals surface area contributed by atoms with Crippen LogP contribution >= 0.6 is 15.9 Å². The van der Waals surface area contributed by atoms with Crippen LogP contribution in [0.15, 0.2) is 64.0 Å². The molecule has 30 heavy (non-hydrogen) atoms. The number of guanidine groups is 1. The summed E-state index contributed by atoms with van der Waals surface area (Å²) in [5.41, 5.74) is 8.03. The van der Waals surface area contributed by atoms with Crippen molar-refractivity contribution in [1.29, 1.82) is 0 Å². The van der Waals surface area contributed by atoms with E-state index in [0.29, 0.717) is 0 Å². The number of aryl methyl sites for hydroxylation is 1. The van der Waals surface area contributed by atoms with Crippen LogP contribution in [0.5, 0.6) is 0 Å². The highest BCUT2D eigenvalue weighted by molar-refractivity contribution is 9.10. The molecule has 0 saturated carbocycles. The van der Waals surface area contributed by atoms with Gasteiger partial charge < -0.3 is 20.0 Å². The van der Waals surface area contributed by atoms with E-state index in [2.05, 4.69) is 67.2 Å². The first-order valence-corrected chi connectivity index (χ1v) is 10.9. The van der Waals surface area contributed by atoms with Gasteiger partial charge in [-0.05, 0) is 36.2 Å². The first-order valence-electron chi connectivity index (χ1n) is 10.1. The molecule has 0 aliphatic carbocycles. The third-order valence-electron chi connectivity index (χ3n) is 5.56. The highest BCUT2D eigenvalue weighted by atomic mass is 79.9. The molecule has 158 valence electrons. The van der Waals surface area contributed by atoms with E-state index in [-0.39, 0.29) is 0 Å². The van der Waals surface area contributed by atoms with Gasteiger partial charge in [0.05, 0.1) is 0 Å². The van der Waals surface area contributed by atoms with Gasteiger partial charge in [-0.1, -0.05) is 34.1 Å².